The van der Waals surface area contributed by atoms with Crippen LogP contribution in [0, 0.1) is 12.3 Å². The maximum atomic E-state index is 10.6. The molecule has 0 aliphatic heterocycles. The molecule has 0 heterocycles. The Labute approximate surface area is 84.0 Å². The van der Waals surface area contributed by atoms with Gasteiger partial charge in [0.15, 0.2) is 0 Å². The zero-order valence-electron chi connectivity index (χ0n) is 8.24. The van der Waals surface area contributed by atoms with Gasteiger partial charge in [0.25, 0.3) is 0 Å². The second-order valence-corrected chi connectivity index (χ2v) is 3.28. The van der Waals surface area contributed by atoms with Crippen LogP contribution in [0.15, 0.2) is 0 Å². The minimum Gasteiger partial charge on any atom is -0.370 e. The maximum Gasteiger partial charge on any atom is 0.221 e. The SMILES string of the molecule is NCCCCC([CH]C(N)=O)CC(N)=O. The molecule has 1 unspecified atom stereocenters. The summed E-state index contributed by atoms with van der Waals surface area (Å²) in [5.74, 6) is -1.07. The number of primary amides is 2. The highest BCUT2D eigenvalue weighted by atomic mass is 16.1. The van der Waals surface area contributed by atoms with E-state index in [-0.39, 0.29) is 12.3 Å². The Hall–Kier alpha value is -1.10. The molecule has 6 N–H and O–H groups in total. The van der Waals surface area contributed by atoms with Gasteiger partial charge in [-0.05, 0) is 25.3 Å². The molecule has 0 bridgehead atoms. The van der Waals surface area contributed by atoms with Crippen LogP contribution in [0.1, 0.15) is 25.7 Å². The number of nitrogens with two attached hydrogens (primary N) is 3. The van der Waals surface area contributed by atoms with E-state index in [1.54, 1.807) is 0 Å². The third-order valence-corrected chi connectivity index (χ3v) is 1.89. The molecule has 81 valence electrons. The number of unbranched alkanes of at least 4 members (excludes halogenated alkanes) is 1. The molecular formula is C9H18N3O2. The lowest BCUT2D eigenvalue weighted by atomic mass is 9.94. The Morgan fingerprint density at radius 3 is 2.29 bits per heavy atom. The molecule has 5 heteroatoms. The predicted octanol–water partition coefficient (Wildman–Crippen LogP) is -0.703. The molecule has 5 nitrogen and oxygen atoms in total. The van der Waals surface area contributed by atoms with E-state index in [1.165, 1.54) is 6.42 Å². The van der Waals surface area contributed by atoms with Crippen LogP contribution in [0.25, 0.3) is 0 Å². The van der Waals surface area contributed by atoms with Gasteiger partial charge in [0, 0.05) is 6.42 Å². The minimum atomic E-state index is -0.510. The summed E-state index contributed by atoms with van der Waals surface area (Å²) in [5.41, 5.74) is 15.4. The summed E-state index contributed by atoms with van der Waals surface area (Å²) in [5, 5.41) is 0. The first-order chi connectivity index (χ1) is 6.56. The van der Waals surface area contributed by atoms with Gasteiger partial charge in [-0.15, -0.1) is 0 Å². The van der Waals surface area contributed by atoms with Gasteiger partial charge in [0.1, 0.15) is 0 Å². The van der Waals surface area contributed by atoms with Crippen LogP contribution in [0.4, 0.5) is 0 Å². The fourth-order valence-corrected chi connectivity index (χ4v) is 1.29. The fraction of sp³-hybridized carbons (Fsp3) is 0.667. The molecule has 0 aromatic heterocycles. The molecule has 2 amide bonds. The molecule has 1 atom stereocenters. The van der Waals surface area contributed by atoms with Crippen molar-refractivity contribution < 1.29 is 9.59 Å². The van der Waals surface area contributed by atoms with E-state index < -0.39 is 11.8 Å². The lowest BCUT2D eigenvalue weighted by Gasteiger charge is -2.11. The van der Waals surface area contributed by atoms with Crippen molar-refractivity contribution in [1.29, 1.82) is 0 Å². The zero-order chi connectivity index (χ0) is 11.0. The Kier molecular flexibility index (Phi) is 6.74. The van der Waals surface area contributed by atoms with Crippen LogP contribution < -0.4 is 17.2 Å². The van der Waals surface area contributed by atoms with Gasteiger partial charge < -0.3 is 17.2 Å². The van der Waals surface area contributed by atoms with Gasteiger partial charge >= 0.3 is 0 Å². The van der Waals surface area contributed by atoms with Gasteiger partial charge in [-0.2, -0.15) is 0 Å². The summed E-state index contributed by atoms with van der Waals surface area (Å²) in [6, 6.07) is 0. The van der Waals surface area contributed by atoms with Crippen molar-refractivity contribution in [2.75, 3.05) is 6.54 Å². The number of hydrogen-bond donors (Lipinski definition) is 3. The van der Waals surface area contributed by atoms with E-state index >= 15 is 0 Å². The fourth-order valence-electron chi connectivity index (χ4n) is 1.29. The molecule has 0 aliphatic rings. The number of amides is 2. The zero-order valence-corrected chi connectivity index (χ0v) is 8.24. The average molecular weight is 200 g/mol. The van der Waals surface area contributed by atoms with Crippen LogP contribution in [0.5, 0.6) is 0 Å². The Bertz CT molecular complexity index is 178. The van der Waals surface area contributed by atoms with Crippen LogP contribution in [-0.2, 0) is 9.59 Å². The molecule has 0 saturated heterocycles. The Morgan fingerprint density at radius 2 is 1.86 bits per heavy atom. The molecular weight excluding hydrogens is 182 g/mol. The Morgan fingerprint density at radius 1 is 1.21 bits per heavy atom. The normalized spacial score (nSPS) is 10.4. The predicted molar refractivity (Wildman–Crippen MR) is 53.7 cm³/mol. The maximum absolute atomic E-state index is 10.6. The molecule has 0 fully saturated rings. The second-order valence-electron chi connectivity index (χ2n) is 3.28. The highest BCUT2D eigenvalue weighted by Gasteiger charge is 2.14. The van der Waals surface area contributed by atoms with E-state index in [1.807, 2.05) is 0 Å². The van der Waals surface area contributed by atoms with Crippen LogP contribution in [0.2, 0.25) is 0 Å². The molecule has 0 saturated carbocycles. The van der Waals surface area contributed by atoms with Crippen molar-refractivity contribution in [1.82, 2.24) is 0 Å². The summed E-state index contributed by atoms with van der Waals surface area (Å²) >= 11 is 0. The van der Waals surface area contributed by atoms with Crippen LogP contribution in [-0.4, -0.2) is 18.4 Å². The van der Waals surface area contributed by atoms with Crippen molar-refractivity contribution in [3.05, 3.63) is 6.42 Å². The lowest BCUT2D eigenvalue weighted by Crippen LogP contribution is -2.22. The van der Waals surface area contributed by atoms with Gasteiger partial charge in [-0.25, -0.2) is 0 Å². The van der Waals surface area contributed by atoms with E-state index in [0.29, 0.717) is 6.54 Å². The number of carbonyl (C=O) groups excluding carboxylic acids is 2. The first-order valence-electron chi connectivity index (χ1n) is 4.69. The van der Waals surface area contributed by atoms with Crippen molar-refractivity contribution in [3.8, 4) is 0 Å². The van der Waals surface area contributed by atoms with Crippen molar-refractivity contribution in [2.45, 2.75) is 25.7 Å². The number of carbonyl (C=O) groups is 2. The monoisotopic (exact) mass is 200 g/mol. The highest BCUT2D eigenvalue weighted by Crippen LogP contribution is 2.15. The molecule has 0 aromatic carbocycles. The average Bonchev–Trinajstić information content (AvgIpc) is 2.02. The largest absolute Gasteiger partial charge is 0.370 e. The van der Waals surface area contributed by atoms with Crippen molar-refractivity contribution >= 4 is 11.8 Å². The van der Waals surface area contributed by atoms with Crippen LogP contribution in [0.3, 0.4) is 0 Å². The van der Waals surface area contributed by atoms with Gasteiger partial charge in [0.05, 0.1) is 6.42 Å². The minimum absolute atomic E-state index is 0.142. The Balaban J connectivity index is 3.84. The van der Waals surface area contributed by atoms with E-state index in [4.69, 9.17) is 17.2 Å². The highest BCUT2D eigenvalue weighted by molar-refractivity contribution is 5.84. The first kappa shape index (κ1) is 12.9. The molecule has 0 aromatic rings. The van der Waals surface area contributed by atoms with Crippen molar-refractivity contribution in [2.24, 2.45) is 23.1 Å². The molecule has 1 radical (unpaired) electrons. The topological polar surface area (TPSA) is 112 Å². The van der Waals surface area contributed by atoms with Gasteiger partial charge in [0.2, 0.25) is 11.8 Å². The molecule has 14 heavy (non-hydrogen) atoms. The number of hydrogen-bond acceptors (Lipinski definition) is 3. The van der Waals surface area contributed by atoms with E-state index in [0.717, 1.165) is 19.3 Å². The third kappa shape index (κ3) is 7.54. The summed E-state index contributed by atoms with van der Waals surface area (Å²) in [7, 11) is 0. The smallest absolute Gasteiger partial charge is 0.221 e. The summed E-state index contributed by atoms with van der Waals surface area (Å²) in [6.07, 6.45) is 4.00. The lowest BCUT2D eigenvalue weighted by molar-refractivity contribution is -0.119. The molecule has 0 spiro atoms. The first-order valence-corrected chi connectivity index (χ1v) is 4.69. The van der Waals surface area contributed by atoms with Gasteiger partial charge in [-0.3, -0.25) is 9.59 Å². The second kappa shape index (κ2) is 7.32. The van der Waals surface area contributed by atoms with Gasteiger partial charge in [-0.1, -0.05) is 6.42 Å². The van der Waals surface area contributed by atoms with Crippen molar-refractivity contribution in [3.63, 3.8) is 0 Å². The summed E-state index contributed by atoms with van der Waals surface area (Å²) in [4.78, 5) is 21.3. The summed E-state index contributed by atoms with van der Waals surface area (Å²) in [6.45, 7) is 0.611. The van der Waals surface area contributed by atoms with Crippen LogP contribution >= 0.6 is 0 Å². The number of rotatable bonds is 8. The van der Waals surface area contributed by atoms with E-state index in [9.17, 15) is 9.59 Å². The summed E-state index contributed by atoms with van der Waals surface area (Å²) < 4.78 is 0. The quantitative estimate of drug-likeness (QED) is 0.450. The standard InChI is InChI=1S/C9H18N3O2/c10-4-2-1-3-7(5-8(11)13)6-9(12)14/h5,7H,1-4,6,10H2,(H2,11,13)(H2,12,14). The molecule has 0 rings (SSSR count). The third-order valence-electron chi connectivity index (χ3n) is 1.89. The molecule has 0 aliphatic carbocycles. The van der Waals surface area contributed by atoms with E-state index in [2.05, 4.69) is 0 Å².